The summed E-state index contributed by atoms with van der Waals surface area (Å²) >= 11 is 0. The van der Waals surface area contributed by atoms with Crippen LogP contribution in [0.2, 0.25) is 0 Å². The minimum atomic E-state index is 0.704. The zero-order valence-electron chi connectivity index (χ0n) is 9.69. The number of benzene rings is 1. The van der Waals surface area contributed by atoms with Crippen LogP contribution in [0.25, 0.3) is 0 Å². The van der Waals surface area contributed by atoms with E-state index < -0.39 is 0 Å². The van der Waals surface area contributed by atoms with E-state index in [1.54, 1.807) is 0 Å². The van der Waals surface area contributed by atoms with Crippen molar-refractivity contribution >= 4 is 6.21 Å². The van der Waals surface area contributed by atoms with E-state index in [1.165, 1.54) is 18.4 Å². The van der Waals surface area contributed by atoms with Gasteiger partial charge in [0.2, 0.25) is 0 Å². The van der Waals surface area contributed by atoms with Crippen LogP contribution in [-0.4, -0.2) is 12.8 Å². The lowest BCUT2D eigenvalue weighted by Gasteiger charge is -2.09. The summed E-state index contributed by atoms with van der Waals surface area (Å²) in [4.78, 5) is 4.49. The topological polar surface area (TPSA) is 12.4 Å². The molecule has 0 saturated carbocycles. The monoisotopic (exact) mass is 202 g/mol. The second kappa shape index (κ2) is 7.22. The van der Waals surface area contributed by atoms with Gasteiger partial charge in [0.1, 0.15) is 0 Å². The van der Waals surface area contributed by atoms with Crippen molar-refractivity contribution in [1.82, 2.24) is 0 Å². The predicted molar refractivity (Wildman–Crippen MR) is 67.3 cm³/mol. The molecule has 1 radical (unpaired) electrons. The van der Waals surface area contributed by atoms with Gasteiger partial charge in [-0.05, 0) is 24.3 Å². The van der Waals surface area contributed by atoms with E-state index in [0.717, 1.165) is 6.54 Å². The Hall–Kier alpha value is -1.11. The van der Waals surface area contributed by atoms with Gasteiger partial charge in [0.25, 0.3) is 0 Å². The van der Waals surface area contributed by atoms with Crippen molar-refractivity contribution in [3.05, 3.63) is 42.3 Å². The van der Waals surface area contributed by atoms with Gasteiger partial charge < -0.3 is 0 Å². The summed E-state index contributed by atoms with van der Waals surface area (Å²) in [6.07, 6.45) is 6.57. The van der Waals surface area contributed by atoms with Gasteiger partial charge in [0, 0.05) is 12.8 Å². The summed E-state index contributed by atoms with van der Waals surface area (Å²) in [5, 5.41) is 0. The molecule has 1 heteroatoms. The fourth-order valence-electron chi connectivity index (χ4n) is 1.55. The van der Waals surface area contributed by atoms with E-state index in [0.29, 0.717) is 5.92 Å². The van der Waals surface area contributed by atoms with E-state index in [1.807, 2.05) is 24.4 Å². The molecule has 0 aromatic heterocycles. The molecule has 1 atom stereocenters. The molecule has 1 unspecified atom stereocenters. The largest absolute Gasteiger partial charge is 0.292 e. The van der Waals surface area contributed by atoms with Gasteiger partial charge in [-0.15, -0.1) is 0 Å². The lowest BCUT2D eigenvalue weighted by molar-refractivity contribution is 0.516. The van der Waals surface area contributed by atoms with Crippen molar-refractivity contribution < 1.29 is 0 Å². The first-order valence-corrected chi connectivity index (χ1v) is 5.69. The Balaban J connectivity index is 2.38. The Bertz CT molecular complexity index is 277. The molecule has 0 heterocycles. The third-order valence-corrected chi connectivity index (χ3v) is 2.55. The van der Waals surface area contributed by atoms with Gasteiger partial charge in [-0.1, -0.05) is 50.6 Å². The molecule has 0 bridgehead atoms. The number of hydrogen-bond donors (Lipinski definition) is 0. The third-order valence-electron chi connectivity index (χ3n) is 2.55. The van der Waals surface area contributed by atoms with Crippen LogP contribution in [-0.2, 0) is 0 Å². The average molecular weight is 202 g/mol. The van der Waals surface area contributed by atoms with Crippen LogP contribution in [0.3, 0.4) is 0 Å². The molecule has 0 aliphatic carbocycles. The molecule has 15 heavy (non-hydrogen) atoms. The molecule has 0 N–H and O–H groups in total. The van der Waals surface area contributed by atoms with Crippen molar-refractivity contribution in [2.75, 3.05) is 6.54 Å². The Kier molecular flexibility index (Phi) is 5.76. The van der Waals surface area contributed by atoms with Crippen LogP contribution in [0.5, 0.6) is 0 Å². The SMILES string of the molecule is C[CH]CC(CC)CN=Cc1ccccc1. The van der Waals surface area contributed by atoms with E-state index in [2.05, 4.69) is 37.4 Å². The lowest BCUT2D eigenvalue weighted by atomic mass is 10.0. The lowest BCUT2D eigenvalue weighted by Crippen LogP contribution is -2.03. The summed E-state index contributed by atoms with van der Waals surface area (Å²) < 4.78 is 0. The van der Waals surface area contributed by atoms with Crippen molar-refractivity contribution in [2.24, 2.45) is 10.9 Å². The molecule has 1 rings (SSSR count). The second-order valence-corrected chi connectivity index (χ2v) is 3.82. The van der Waals surface area contributed by atoms with Crippen LogP contribution in [0, 0.1) is 12.3 Å². The highest BCUT2D eigenvalue weighted by Gasteiger charge is 2.02. The minimum Gasteiger partial charge on any atom is -0.292 e. The van der Waals surface area contributed by atoms with Gasteiger partial charge in [0.05, 0.1) is 0 Å². The summed E-state index contributed by atoms with van der Waals surface area (Å²) in [6.45, 7) is 5.28. The van der Waals surface area contributed by atoms with Gasteiger partial charge in [-0.2, -0.15) is 0 Å². The molecule has 81 valence electrons. The van der Waals surface area contributed by atoms with E-state index in [4.69, 9.17) is 0 Å². The standard InChI is InChI=1S/C14H20N/c1-3-8-13(4-2)11-15-12-14-9-6-5-7-10-14/h3,5-7,9-10,12-13H,4,8,11H2,1-2H3. The Labute approximate surface area is 93.2 Å². The van der Waals surface area contributed by atoms with Crippen molar-refractivity contribution in [3.63, 3.8) is 0 Å². The first-order chi connectivity index (χ1) is 7.36. The molecule has 1 aromatic rings. The third kappa shape index (κ3) is 4.78. The van der Waals surface area contributed by atoms with Gasteiger partial charge in [-0.25, -0.2) is 0 Å². The highest BCUT2D eigenvalue weighted by atomic mass is 14.7. The molecule has 1 aromatic carbocycles. The predicted octanol–water partition coefficient (Wildman–Crippen LogP) is 3.75. The van der Waals surface area contributed by atoms with Crippen molar-refractivity contribution in [2.45, 2.75) is 26.7 Å². The van der Waals surface area contributed by atoms with E-state index >= 15 is 0 Å². The first kappa shape index (κ1) is 12.0. The maximum Gasteiger partial charge on any atom is 0.0417 e. The molecule has 1 nitrogen and oxygen atoms in total. The zero-order chi connectivity index (χ0) is 10.9. The first-order valence-electron chi connectivity index (χ1n) is 5.69. The normalized spacial score (nSPS) is 13.2. The summed E-state index contributed by atoms with van der Waals surface area (Å²) in [5.74, 6) is 0.704. The van der Waals surface area contributed by atoms with Gasteiger partial charge in [-0.3, -0.25) is 4.99 Å². The summed E-state index contributed by atoms with van der Waals surface area (Å²) in [6, 6.07) is 10.3. The average Bonchev–Trinajstić information content (AvgIpc) is 2.29. The van der Waals surface area contributed by atoms with Crippen LogP contribution in [0.15, 0.2) is 35.3 Å². The molecule has 0 fully saturated rings. The highest BCUT2D eigenvalue weighted by Crippen LogP contribution is 2.10. The van der Waals surface area contributed by atoms with Crippen molar-refractivity contribution in [1.29, 1.82) is 0 Å². The smallest absolute Gasteiger partial charge is 0.0417 e. The maximum absolute atomic E-state index is 4.49. The summed E-state index contributed by atoms with van der Waals surface area (Å²) in [5.41, 5.74) is 1.19. The number of hydrogen-bond acceptors (Lipinski definition) is 1. The molecule has 0 amide bonds. The number of rotatable bonds is 6. The molecule has 0 spiro atoms. The summed E-state index contributed by atoms with van der Waals surface area (Å²) in [7, 11) is 0. The molecular weight excluding hydrogens is 182 g/mol. The molecule has 0 aliphatic heterocycles. The maximum atomic E-state index is 4.49. The number of aliphatic imine (C=N–C) groups is 1. The molecular formula is C14H20N. The van der Waals surface area contributed by atoms with Crippen LogP contribution >= 0.6 is 0 Å². The van der Waals surface area contributed by atoms with E-state index in [-0.39, 0.29) is 0 Å². The van der Waals surface area contributed by atoms with Crippen LogP contribution in [0.4, 0.5) is 0 Å². The minimum absolute atomic E-state index is 0.704. The fraction of sp³-hybridized carbons (Fsp3) is 0.429. The highest BCUT2D eigenvalue weighted by molar-refractivity contribution is 5.79. The molecule has 0 saturated heterocycles. The van der Waals surface area contributed by atoms with Crippen molar-refractivity contribution in [3.8, 4) is 0 Å². The van der Waals surface area contributed by atoms with Crippen LogP contribution < -0.4 is 0 Å². The van der Waals surface area contributed by atoms with E-state index in [9.17, 15) is 0 Å². The Morgan fingerprint density at radius 2 is 2.00 bits per heavy atom. The zero-order valence-corrected chi connectivity index (χ0v) is 9.69. The second-order valence-electron chi connectivity index (χ2n) is 3.82. The van der Waals surface area contributed by atoms with Gasteiger partial charge >= 0.3 is 0 Å². The van der Waals surface area contributed by atoms with Gasteiger partial charge in [0.15, 0.2) is 0 Å². The number of nitrogens with zero attached hydrogens (tertiary/aromatic N) is 1. The Morgan fingerprint density at radius 1 is 1.27 bits per heavy atom. The molecule has 0 aliphatic rings. The van der Waals surface area contributed by atoms with Crippen LogP contribution in [0.1, 0.15) is 32.3 Å². The fourth-order valence-corrected chi connectivity index (χ4v) is 1.55. The quantitative estimate of drug-likeness (QED) is 0.623. The Morgan fingerprint density at radius 3 is 2.60 bits per heavy atom.